The average Bonchev–Trinajstić information content (AvgIpc) is 3.22. The first-order valence-electron chi connectivity index (χ1n) is 8.01. The lowest BCUT2D eigenvalue weighted by molar-refractivity contribution is 0.202. The van der Waals surface area contributed by atoms with E-state index in [1.54, 1.807) is 0 Å². The monoisotopic (exact) mass is 295 g/mol. The third-order valence-corrected chi connectivity index (χ3v) is 5.67. The zero-order valence-electron chi connectivity index (χ0n) is 12.7. The summed E-state index contributed by atoms with van der Waals surface area (Å²) < 4.78 is 1.94. The largest absolute Gasteiger partial charge is 0.325 e. The second-order valence-electron chi connectivity index (χ2n) is 6.92. The zero-order valence-corrected chi connectivity index (χ0v) is 13.4. The van der Waals surface area contributed by atoms with E-state index in [1.807, 2.05) is 11.7 Å². The summed E-state index contributed by atoms with van der Waals surface area (Å²) in [5.41, 5.74) is 8.79. The minimum Gasteiger partial charge on any atom is -0.325 e. The molecule has 3 rings (SSSR count). The van der Waals surface area contributed by atoms with Gasteiger partial charge in [0.15, 0.2) is 0 Å². The van der Waals surface area contributed by atoms with E-state index in [0.29, 0.717) is 0 Å². The van der Waals surface area contributed by atoms with Crippen LogP contribution in [0.4, 0.5) is 0 Å². The number of aromatic nitrogens is 2. The average molecular weight is 296 g/mol. The van der Waals surface area contributed by atoms with Crippen LogP contribution in [0.3, 0.4) is 0 Å². The molecule has 3 nitrogen and oxygen atoms in total. The van der Waals surface area contributed by atoms with Gasteiger partial charge < -0.3 is 5.73 Å². The molecule has 2 atom stereocenters. The van der Waals surface area contributed by atoms with Crippen molar-refractivity contribution in [2.24, 2.45) is 24.6 Å². The van der Waals surface area contributed by atoms with Crippen LogP contribution >= 0.6 is 11.6 Å². The van der Waals surface area contributed by atoms with E-state index in [1.165, 1.54) is 32.1 Å². The first-order valence-corrected chi connectivity index (χ1v) is 8.39. The topological polar surface area (TPSA) is 43.8 Å². The van der Waals surface area contributed by atoms with Gasteiger partial charge in [-0.2, -0.15) is 5.10 Å². The highest BCUT2D eigenvalue weighted by Crippen LogP contribution is 2.46. The first-order chi connectivity index (χ1) is 9.52. The molecule has 112 valence electrons. The van der Waals surface area contributed by atoms with Gasteiger partial charge in [-0.15, -0.1) is 0 Å². The Hall–Kier alpha value is -0.540. The van der Waals surface area contributed by atoms with Gasteiger partial charge >= 0.3 is 0 Å². The Morgan fingerprint density at radius 2 is 2.10 bits per heavy atom. The van der Waals surface area contributed by atoms with Gasteiger partial charge in [-0.25, -0.2) is 0 Å². The van der Waals surface area contributed by atoms with E-state index in [9.17, 15) is 0 Å². The van der Waals surface area contributed by atoms with Crippen LogP contribution in [0, 0.1) is 11.8 Å². The molecule has 0 bridgehead atoms. The van der Waals surface area contributed by atoms with E-state index < -0.39 is 0 Å². The molecule has 2 N–H and O–H groups in total. The van der Waals surface area contributed by atoms with E-state index >= 15 is 0 Å². The zero-order chi connectivity index (χ0) is 14.3. The van der Waals surface area contributed by atoms with Crippen molar-refractivity contribution in [2.75, 3.05) is 0 Å². The molecule has 0 amide bonds. The van der Waals surface area contributed by atoms with Gasteiger partial charge in [-0.1, -0.05) is 31.4 Å². The fourth-order valence-electron chi connectivity index (χ4n) is 3.92. The Balaban J connectivity index is 1.77. The Morgan fingerprint density at radius 1 is 1.35 bits per heavy atom. The number of nitrogens with zero attached hydrogens (tertiary/aromatic N) is 2. The van der Waals surface area contributed by atoms with Crippen molar-refractivity contribution in [3.8, 4) is 0 Å². The minimum atomic E-state index is -0.0754. The molecule has 0 aliphatic heterocycles. The number of halogens is 1. The van der Waals surface area contributed by atoms with Crippen LogP contribution in [0.1, 0.15) is 56.8 Å². The molecule has 2 saturated carbocycles. The van der Waals surface area contributed by atoms with E-state index in [2.05, 4.69) is 12.0 Å². The Morgan fingerprint density at radius 3 is 2.70 bits per heavy atom. The van der Waals surface area contributed by atoms with Crippen molar-refractivity contribution in [1.29, 1.82) is 0 Å². The standard InChI is InChI=1S/C16H26ClN3/c1-3-13-15(17)14(20(2)19-13)10-16(18)8-4-5-12(9-16)11-6-7-11/h11-12H,3-10,18H2,1-2H3. The van der Waals surface area contributed by atoms with Crippen LogP contribution in [0.5, 0.6) is 0 Å². The Kier molecular flexibility index (Phi) is 3.85. The molecule has 2 aliphatic rings. The summed E-state index contributed by atoms with van der Waals surface area (Å²) in [6.45, 7) is 2.10. The SMILES string of the molecule is CCc1nn(C)c(CC2(N)CCCC(C3CC3)C2)c1Cl. The second kappa shape index (κ2) is 5.34. The summed E-state index contributed by atoms with van der Waals surface area (Å²) in [6, 6.07) is 0. The van der Waals surface area contributed by atoms with Gasteiger partial charge in [0.2, 0.25) is 0 Å². The Labute approximate surface area is 126 Å². The van der Waals surface area contributed by atoms with Crippen LogP contribution in [-0.2, 0) is 19.9 Å². The van der Waals surface area contributed by atoms with Crippen molar-refractivity contribution in [2.45, 2.75) is 63.8 Å². The quantitative estimate of drug-likeness (QED) is 0.924. The number of hydrogen-bond acceptors (Lipinski definition) is 2. The lowest BCUT2D eigenvalue weighted by Gasteiger charge is -2.38. The fraction of sp³-hybridized carbons (Fsp3) is 0.812. The number of rotatable bonds is 4. The normalized spacial score (nSPS) is 30.7. The molecule has 1 aromatic rings. The van der Waals surface area contributed by atoms with Gasteiger partial charge in [0, 0.05) is 19.0 Å². The molecule has 0 spiro atoms. The van der Waals surface area contributed by atoms with Crippen molar-refractivity contribution in [1.82, 2.24) is 9.78 Å². The van der Waals surface area contributed by atoms with Crippen molar-refractivity contribution in [3.05, 3.63) is 16.4 Å². The first kappa shape index (κ1) is 14.4. The highest BCUT2D eigenvalue weighted by atomic mass is 35.5. The lowest BCUT2D eigenvalue weighted by Crippen LogP contribution is -2.47. The van der Waals surface area contributed by atoms with E-state index in [4.69, 9.17) is 17.3 Å². The van der Waals surface area contributed by atoms with Gasteiger partial charge in [0.25, 0.3) is 0 Å². The predicted octanol–water partition coefficient (Wildman–Crippen LogP) is 3.48. The lowest BCUT2D eigenvalue weighted by atomic mass is 9.72. The summed E-state index contributed by atoms with van der Waals surface area (Å²) in [5.74, 6) is 1.82. The number of aryl methyl sites for hydroxylation is 2. The third-order valence-electron chi connectivity index (χ3n) is 5.23. The highest BCUT2D eigenvalue weighted by Gasteiger charge is 2.40. The maximum atomic E-state index is 6.74. The maximum Gasteiger partial charge on any atom is 0.0850 e. The smallest absolute Gasteiger partial charge is 0.0850 e. The van der Waals surface area contributed by atoms with Crippen LogP contribution in [-0.4, -0.2) is 15.3 Å². The molecule has 0 saturated heterocycles. The molecule has 2 aliphatic carbocycles. The molecule has 2 unspecified atom stereocenters. The molecular weight excluding hydrogens is 270 g/mol. The van der Waals surface area contributed by atoms with Crippen LogP contribution in [0.15, 0.2) is 0 Å². The van der Waals surface area contributed by atoms with Crippen LogP contribution < -0.4 is 5.73 Å². The summed E-state index contributed by atoms with van der Waals surface area (Å²) in [5, 5.41) is 5.36. The van der Waals surface area contributed by atoms with Crippen LogP contribution in [0.25, 0.3) is 0 Å². The molecule has 1 heterocycles. The van der Waals surface area contributed by atoms with Gasteiger partial charge in [0.05, 0.1) is 16.4 Å². The highest BCUT2D eigenvalue weighted by molar-refractivity contribution is 6.31. The maximum absolute atomic E-state index is 6.74. The van der Waals surface area contributed by atoms with Crippen LogP contribution in [0.2, 0.25) is 5.02 Å². The Bertz CT molecular complexity index is 492. The van der Waals surface area contributed by atoms with Crippen molar-refractivity contribution >= 4 is 11.6 Å². The second-order valence-corrected chi connectivity index (χ2v) is 7.30. The molecule has 4 heteroatoms. The molecule has 0 aromatic carbocycles. The van der Waals surface area contributed by atoms with Gasteiger partial charge in [-0.3, -0.25) is 4.68 Å². The van der Waals surface area contributed by atoms with Gasteiger partial charge in [-0.05, 0) is 43.9 Å². The summed E-state index contributed by atoms with van der Waals surface area (Å²) >= 11 is 6.48. The third kappa shape index (κ3) is 2.75. The minimum absolute atomic E-state index is 0.0754. The fourth-order valence-corrected chi connectivity index (χ4v) is 4.28. The molecule has 0 radical (unpaired) electrons. The van der Waals surface area contributed by atoms with E-state index in [0.717, 1.165) is 47.5 Å². The van der Waals surface area contributed by atoms with E-state index in [-0.39, 0.29) is 5.54 Å². The summed E-state index contributed by atoms with van der Waals surface area (Å²) in [7, 11) is 1.99. The van der Waals surface area contributed by atoms with Gasteiger partial charge in [0.1, 0.15) is 0 Å². The number of nitrogens with two attached hydrogens (primary N) is 1. The molecular formula is C16H26ClN3. The molecule has 2 fully saturated rings. The molecule has 1 aromatic heterocycles. The van der Waals surface area contributed by atoms with Crippen molar-refractivity contribution < 1.29 is 0 Å². The predicted molar refractivity (Wildman–Crippen MR) is 82.9 cm³/mol. The van der Waals surface area contributed by atoms with Crippen molar-refractivity contribution in [3.63, 3.8) is 0 Å². The molecule has 20 heavy (non-hydrogen) atoms. The summed E-state index contributed by atoms with van der Waals surface area (Å²) in [6.07, 6.45) is 9.55. The summed E-state index contributed by atoms with van der Waals surface area (Å²) in [4.78, 5) is 0. The number of hydrogen-bond donors (Lipinski definition) is 1.